The predicted molar refractivity (Wildman–Crippen MR) is 111 cm³/mol. The third-order valence-electron chi connectivity index (χ3n) is 1.46. The molecule has 0 aliphatic heterocycles. The second-order valence-corrected chi connectivity index (χ2v) is 3.59. The molecule has 0 bridgehead atoms. The Hall–Kier alpha value is -0.840. The summed E-state index contributed by atoms with van der Waals surface area (Å²) in [4.78, 5) is 0. The molecule has 0 amide bonds. The minimum Gasteiger partial charge on any atom is -0.255 e. The smallest absolute Gasteiger partial charge is 0.255 e. The zero-order valence-electron chi connectivity index (χ0n) is 10.7. The second kappa shape index (κ2) is 30.4. The Morgan fingerprint density at radius 3 is 0.733 bits per heavy atom. The van der Waals surface area contributed by atoms with Crippen LogP contribution in [0.1, 0.15) is 80.2 Å². The van der Waals surface area contributed by atoms with Crippen LogP contribution < -0.4 is 0 Å². The molecular weight excluding hydrogens is 444 g/mol. The molecule has 0 N–H and O–H groups in total. The number of rotatable bonds is 3. The van der Waals surface area contributed by atoms with Crippen molar-refractivity contribution in [2.24, 2.45) is 0 Å². The lowest BCUT2D eigenvalue weighted by Crippen LogP contribution is -2.46. The van der Waals surface area contributed by atoms with Crippen molar-refractivity contribution in [1.82, 2.24) is 0 Å². The quantitative estimate of drug-likeness (QED) is 0.344. The molecule has 12 heteroatoms. The van der Waals surface area contributed by atoms with Gasteiger partial charge >= 0.3 is 12.4 Å². The summed E-state index contributed by atoms with van der Waals surface area (Å²) in [6.45, 7) is -4.63. The van der Waals surface area contributed by atoms with E-state index in [9.17, 15) is 52.7 Å². The summed E-state index contributed by atoms with van der Waals surface area (Å²) in [5.41, 5.74) is -4.45. The normalized spacial score (nSPS) is 10.6. The van der Waals surface area contributed by atoms with Crippen molar-refractivity contribution in [2.45, 2.75) is 104 Å². The molecule has 0 spiro atoms. The van der Waals surface area contributed by atoms with Crippen LogP contribution in [-0.4, -0.2) is 44.5 Å². The molecule has 0 saturated carbocycles. The van der Waals surface area contributed by atoms with Gasteiger partial charge in [-0.1, -0.05) is 66.8 Å². The van der Waals surface area contributed by atoms with Crippen LogP contribution in [0, 0.1) is 0 Å². The Balaban J connectivity index is -0.0000000171. The number of hydrogen-bond acceptors (Lipinski definition) is 0. The van der Waals surface area contributed by atoms with Gasteiger partial charge in [-0.2, -0.15) is 26.3 Å². The molecule has 0 aromatic rings. The van der Waals surface area contributed by atoms with Gasteiger partial charge in [0.1, 0.15) is 6.67 Å². The van der Waals surface area contributed by atoms with Gasteiger partial charge in [0.15, 0.2) is 6.67 Å². The summed E-state index contributed by atoms with van der Waals surface area (Å²) in [6, 6.07) is 0. The first-order valence-corrected chi connectivity index (χ1v) is 4.78. The molecule has 0 heterocycles. The average molecular weight is 493 g/mol. The van der Waals surface area contributed by atoms with Crippen molar-refractivity contribution in [2.75, 3.05) is 20.5 Å². The lowest BCUT2D eigenvalue weighted by atomic mass is 9.99. The Bertz CT molecular complexity index is 257. The van der Waals surface area contributed by atoms with Gasteiger partial charge in [-0.3, -0.25) is 4.39 Å². The van der Waals surface area contributed by atoms with Crippen LogP contribution in [0.4, 0.5) is 52.7 Å². The number of hydrogen-bond donors (Lipinski definition) is 0. The zero-order valence-corrected chi connectivity index (χ0v) is 10.7. The molecule has 1 atom stereocenters. The summed E-state index contributed by atoms with van der Waals surface area (Å²) < 4.78 is 134. The van der Waals surface area contributed by atoms with Gasteiger partial charge in [-0.15, -0.1) is 0 Å². The largest absolute Gasteiger partial charge is 0.425 e. The van der Waals surface area contributed by atoms with Crippen LogP contribution in [-0.2, 0) is 0 Å². The van der Waals surface area contributed by atoms with E-state index in [2.05, 4.69) is 0 Å². The topological polar surface area (TPSA) is 0 Å². The summed E-state index contributed by atoms with van der Waals surface area (Å²) in [5, 5.41) is 0. The first kappa shape index (κ1) is 78.5. The highest BCUT2D eigenvalue weighted by Gasteiger charge is 2.59. The van der Waals surface area contributed by atoms with Gasteiger partial charge in [0.25, 0.3) is 0 Å². The van der Waals surface area contributed by atoms with Crippen molar-refractivity contribution in [3.63, 3.8) is 0 Å². The molecule has 204 valence electrons. The molecule has 0 aromatic heterocycles. The third kappa shape index (κ3) is 45.7. The molecule has 0 aromatic carbocycles. The molecule has 0 aliphatic rings. The van der Waals surface area contributed by atoms with E-state index < -0.39 is 43.7 Å². The predicted octanol–water partition coefficient (Wildman–Crippen LogP) is 11.1. The van der Waals surface area contributed by atoms with Gasteiger partial charge in [0, 0.05) is 0 Å². The maximum absolute atomic E-state index is 12.5. The van der Waals surface area contributed by atoms with E-state index >= 15 is 0 Å². The maximum atomic E-state index is 12.5. The molecule has 0 nitrogen and oxygen atoms in total. The standard InChI is InChI=1S/C6H7F7.C2H2F4.CH3F.9CH4/c1-4(8,9)2-5(10,3-7)6(11,12)13;3-1-2(4,5)6;1-2;;;;;;;;;/h2-3H2,1H3;1H2;1H3;9*1H4. The first-order valence-electron chi connectivity index (χ1n) is 4.78. The molecular formula is C18H48F12. The van der Waals surface area contributed by atoms with Crippen LogP contribution in [0.2, 0.25) is 0 Å². The average Bonchev–Trinajstić information content (AvgIpc) is 2.28. The van der Waals surface area contributed by atoms with Gasteiger partial charge in [-0.05, 0) is 6.92 Å². The molecule has 0 saturated heterocycles. The molecule has 0 fully saturated rings. The van der Waals surface area contributed by atoms with Crippen molar-refractivity contribution in [1.29, 1.82) is 0 Å². The molecule has 0 rings (SSSR count). The Kier molecular flexibility index (Phi) is 79.5. The Morgan fingerprint density at radius 1 is 0.500 bits per heavy atom. The summed E-state index contributed by atoms with van der Waals surface area (Å²) in [6.07, 6.45) is -12.4. The van der Waals surface area contributed by atoms with Crippen LogP contribution >= 0.6 is 0 Å². The minimum atomic E-state index is -5.61. The molecule has 0 radical (unpaired) electrons. The SMILES string of the molecule is C.C.C.C.C.C.C.C.C.CC(F)(F)CC(F)(CF)C(F)(F)F.CF.FCC(F)(F)F. The van der Waals surface area contributed by atoms with E-state index in [0.29, 0.717) is 7.18 Å². The van der Waals surface area contributed by atoms with Gasteiger partial charge in [0.2, 0.25) is 11.6 Å². The van der Waals surface area contributed by atoms with E-state index in [4.69, 9.17) is 0 Å². The minimum absolute atomic E-state index is 0. The van der Waals surface area contributed by atoms with Crippen molar-refractivity contribution < 1.29 is 52.7 Å². The fourth-order valence-corrected chi connectivity index (χ4v) is 0.715. The fourth-order valence-electron chi connectivity index (χ4n) is 0.715. The van der Waals surface area contributed by atoms with Crippen molar-refractivity contribution >= 4 is 0 Å². The maximum Gasteiger partial charge on any atom is 0.425 e. The Labute approximate surface area is 178 Å². The Morgan fingerprint density at radius 2 is 0.700 bits per heavy atom. The highest BCUT2D eigenvalue weighted by atomic mass is 19.4. The van der Waals surface area contributed by atoms with E-state index in [1.165, 1.54) is 0 Å². The molecule has 1 unspecified atom stereocenters. The third-order valence-corrected chi connectivity index (χ3v) is 1.46. The number of alkyl halides is 12. The number of halogens is 12. The summed E-state index contributed by atoms with van der Waals surface area (Å²) in [5.74, 6) is -3.89. The van der Waals surface area contributed by atoms with E-state index in [1.54, 1.807) is 0 Å². The zero-order chi connectivity index (χ0) is 18.1. The second-order valence-electron chi connectivity index (χ2n) is 3.59. The monoisotopic (exact) mass is 492 g/mol. The van der Waals surface area contributed by atoms with E-state index in [1.807, 2.05) is 0 Å². The van der Waals surface area contributed by atoms with Gasteiger partial charge in [0.05, 0.1) is 13.6 Å². The van der Waals surface area contributed by atoms with Crippen molar-refractivity contribution in [3.8, 4) is 0 Å². The van der Waals surface area contributed by atoms with Crippen LogP contribution in [0.3, 0.4) is 0 Å². The van der Waals surface area contributed by atoms with Crippen LogP contribution in [0.5, 0.6) is 0 Å². The summed E-state index contributed by atoms with van der Waals surface area (Å²) >= 11 is 0. The highest BCUT2D eigenvalue weighted by molar-refractivity contribution is 4.90. The van der Waals surface area contributed by atoms with Gasteiger partial charge < -0.3 is 0 Å². The van der Waals surface area contributed by atoms with Gasteiger partial charge in [-0.25, -0.2) is 22.0 Å². The lowest BCUT2D eigenvalue weighted by molar-refractivity contribution is -0.252. The molecule has 30 heavy (non-hydrogen) atoms. The summed E-state index contributed by atoms with van der Waals surface area (Å²) in [7, 11) is 0.500. The molecule has 0 aliphatic carbocycles. The van der Waals surface area contributed by atoms with Crippen LogP contribution in [0.15, 0.2) is 0 Å². The lowest BCUT2D eigenvalue weighted by Gasteiger charge is -2.27. The van der Waals surface area contributed by atoms with Crippen LogP contribution in [0.25, 0.3) is 0 Å². The van der Waals surface area contributed by atoms with E-state index in [-0.39, 0.29) is 73.8 Å². The van der Waals surface area contributed by atoms with Crippen molar-refractivity contribution in [3.05, 3.63) is 0 Å². The highest BCUT2D eigenvalue weighted by Crippen LogP contribution is 2.41. The fraction of sp³-hybridized carbons (Fsp3) is 1.00. The van der Waals surface area contributed by atoms with E-state index in [0.717, 1.165) is 0 Å². The first-order chi connectivity index (χ1) is 9.08.